The van der Waals surface area contributed by atoms with Crippen LogP contribution < -0.4 is 4.90 Å². The zero-order chi connectivity index (χ0) is 12.7. The van der Waals surface area contributed by atoms with Crippen LogP contribution in [0.4, 0.5) is 10.5 Å². The number of ether oxygens (including phenoxy) is 1. The van der Waals surface area contributed by atoms with Crippen LogP contribution in [-0.2, 0) is 4.74 Å². The van der Waals surface area contributed by atoms with Gasteiger partial charge in [0.25, 0.3) is 0 Å². The van der Waals surface area contributed by atoms with E-state index in [9.17, 15) is 4.79 Å². The quantitative estimate of drug-likeness (QED) is 0.862. The van der Waals surface area contributed by atoms with Crippen LogP contribution in [0.2, 0.25) is 0 Å². The van der Waals surface area contributed by atoms with Gasteiger partial charge in [0, 0.05) is 5.92 Å². The molecule has 1 N–H and O–H groups in total. The highest BCUT2D eigenvalue weighted by Crippen LogP contribution is 2.39. The second-order valence-corrected chi connectivity index (χ2v) is 4.52. The number of hydrogen-bond donors (Lipinski definition) is 1. The van der Waals surface area contributed by atoms with Crippen molar-refractivity contribution >= 4 is 17.6 Å². The number of nitriles is 1. The third kappa shape index (κ3) is 1.63. The van der Waals surface area contributed by atoms with Gasteiger partial charge in [-0.1, -0.05) is 0 Å². The summed E-state index contributed by atoms with van der Waals surface area (Å²) in [6, 6.07) is 8.58. The Bertz CT molecular complexity index is 555. The summed E-state index contributed by atoms with van der Waals surface area (Å²) in [5, 5.41) is 16.7. The van der Waals surface area contributed by atoms with E-state index >= 15 is 0 Å². The Morgan fingerprint density at radius 1 is 1.33 bits per heavy atom. The molecular formula is C13H11N3O2. The van der Waals surface area contributed by atoms with Crippen molar-refractivity contribution < 1.29 is 9.53 Å². The average Bonchev–Trinajstić information content (AvgIpc) is 3.17. The standard InChI is InChI=1S/C13H11N3O2/c14-7-8-1-5-10(6-2-8)16-12(15)11(9-3-4-9)18-13(16)17/h1-2,5-6,9,11,15H,3-4H2. The van der Waals surface area contributed by atoms with Crippen molar-refractivity contribution in [3.63, 3.8) is 0 Å². The van der Waals surface area contributed by atoms with Crippen molar-refractivity contribution in [3.05, 3.63) is 29.8 Å². The molecule has 1 amide bonds. The largest absolute Gasteiger partial charge is 0.437 e. The minimum absolute atomic E-state index is 0.201. The van der Waals surface area contributed by atoms with E-state index in [1.165, 1.54) is 4.90 Å². The van der Waals surface area contributed by atoms with E-state index in [4.69, 9.17) is 15.4 Å². The molecule has 1 saturated carbocycles. The molecule has 1 aliphatic carbocycles. The zero-order valence-electron chi connectivity index (χ0n) is 9.59. The first-order valence-electron chi connectivity index (χ1n) is 5.80. The maximum absolute atomic E-state index is 11.8. The van der Waals surface area contributed by atoms with Gasteiger partial charge >= 0.3 is 6.09 Å². The molecule has 1 aliphatic heterocycles. The summed E-state index contributed by atoms with van der Waals surface area (Å²) in [4.78, 5) is 13.0. The van der Waals surface area contributed by atoms with Crippen LogP contribution in [0.5, 0.6) is 0 Å². The van der Waals surface area contributed by atoms with Crippen molar-refractivity contribution in [2.45, 2.75) is 18.9 Å². The molecule has 3 rings (SSSR count). The Morgan fingerprint density at radius 2 is 2.00 bits per heavy atom. The summed E-state index contributed by atoms with van der Waals surface area (Å²) >= 11 is 0. The molecule has 0 radical (unpaired) electrons. The molecule has 1 unspecified atom stereocenters. The van der Waals surface area contributed by atoms with Gasteiger partial charge in [-0.25, -0.2) is 9.69 Å². The average molecular weight is 241 g/mol. The predicted octanol–water partition coefficient (Wildman–Crippen LogP) is 2.27. The Labute approximate surface area is 104 Å². The maximum Gasteiger partial charge on any atom is 0.420 e. The molecule has 1 heterocycles. The molecule has 5 nitrogen and oxygen atoms in total. The summed E-state index contributed by atoms with van der Waals surface area (Å²) in [6.07, 6.45) is 1.14. The molecule has 1 atom stereocenters. The van der Waals surface area contributed by atoms with Crippen LogP contribution in [0.1, 0.15) is 18.4 Å². The van der Waals surface area contributed by atoms with Gasteiger partial charge in [-0.2, -0.15) is 5.26 Å². The summed E-state index contributed by atoms with van der Waals surface area (Å²) in [5.74, 6) is 0.511. The number of nitrogens with zero attached hydrogens (tertiary/aromatic N) is 2. The Morgan fingerprint density at radius 3 is 2.56 bits per heavy atom. The number of cyclic esters (lactones) is 1. The van der Waals surface area contributed by atoms with Crippen LogP contribution in [0.15, 0.2) is 24.3 Å². The first-order chi connectivity index (χ1) is 8.70. The van der Waals surface area contributed by atoms with E-state index in [-0.39, 0.29) is 5.84 Å². The third-order valence-corrected chi connectivity index (χ3v) is 3.23. The lowest BCUT2D eigenvalue weighted by Crippen LogP contribution is -2.31. The van der Waals surface area contributed by atoms with Crippen molar-refractivity contribution in [2.75, 3.05) is 4.90 Å². The van der Waals surface area contributed by atoms with Gasteiger partial charge in [-0.15, -0.1) is 0 Å². The molecular weight excluding hydrogens is 230 g/mol. The summed E-state index contributed by atoms with van der Waals surface area (Å²) in [7, 11) is 0. The summed E-state index contributed by atoms with van der Waals surface area (Å²) < 4.78 is 5.22. The van der Waals surface area contributed by atoms with E-state index in [0.717, 1.165) is 12.8 Å². The fourth-order valence-electron chi connectivity index (χ4n) is 2.09. The second kappa shape index (κ2) is 3.84. The first-order valence-corrected chi connectivity index (χ1v) is 5.80. The molecule has 0 spiro atoms. The molecule has 2 aliphatic rings. The number of benzene rings is 1. The SMILES string of the molecule is N#Cc1ccc(N2C(=N)C(C3CC3)OC2=O)cc1. The molecule has 1 aromatic carbocycles. The molecule has 2 fully saturated rings. The van der Waals surface area contributed by atoms with Crippen LogP contribution >= 0.6 is 0 Å². The molecule has 1 aromatic rings. The smallest absolute Gasteiger partial charge is 0.420 e. The molecule has 90 valence electrons. The number of amides is 1. The number of carbonyl (C=O) groups is 1. The molecule has 5 heteroatoms. The van der Waals surface area contributed by atoms with Gasteiger partial charge in [0.15, 0.2) is 11.9 Å². The highest BCUT2D eigenvalue weighted by Gasteiger charge is 2.46. The van der Waals surface area contributed by atoms with Crippen LogP contribution in [0.25, 0.3) is 0 Å². The van der Waals surface area contributed by atoms with Crippen molar-refractivity contribution in [1.82, 2.24) is 0 Å². The number of anilines is 1. The van der Waals surface area contributed by atoms with Gasteiger partial charge < -0.3 is 4.74 Å². The fraction of sp³-hybridized carbons (Fsp3) is 0.308. The predicted molar refractivity (Wildman–Crippen MR) is 64.4 cm³/mol. The van der Waals surface area contributed by atoms with Gasteiger partial charge in [-0.05, 0) is 37.1 Å². The van der Waals surface area contributed by atoms with Gasteiger partial charge in [0.1, 0.15) is 0 Å². The lowest BCUT2D eigenvalue weighted by molar-refractivity contribution is 0.143. The number of carbonyl (C=O) groups excluding carboxylic acids is 1. The van der Waals surface area contributed by atoms with Gasteiger partial charge in [0.05, 0.1) is 17.3 Å². The number of amidine groups is 1. The normalized spacial score (nSPS) is 22.8. The Kier molecular flexibility index (Phi) is 2.30. The molecule has 1 saturated heterocycles. The Balaban J connectivity index is 1.88. The molecule has 0 aromatic heterocycles. The van der Waals surface area contributed by atoms with E-state index < -0.39 is 12.2 Å². The number of rotatable bonds is 2. The van der Waals surface area contributed by atoms with E-state index in [1.807, 2.05) is 6.07 Å². The molecule has 18 heavy (non-hydrogen) atoms. The van der Waals surface area contributed by atoms with E-state index in [0.29, 0.717) is 17.2 Å². The van der Waals surface area contributed by atoms with Crippen molar-refractivity contribution in [3.8, 4) is 6.07 Å². The minimum Gasteiger partial charge on any atom is -0.437 e. The van der Waals surface area contributed by atoms with E-state index in [2.05, 4.69) is 0 Å². The minimum atomic E-state index is -0.499. The van der Waals surface area contributed by atoms with Crippen LogP contribution in [-0.4, -0.2) is 18.0 Å². The van der Waals surface area contributed by atoms with Crippen LogP contribution in [0, 0.1) is 22.7 Å². The fourth-order valence-corrected chi connectivity index (χ4v) is 2.09. The summed E-state index contributed by atoms with van der Waals surface area (Å²) in [5.41, 5.74) is 1.10. The topological polar surface area (TPSA) is 77.2 Å². The number of nitrogens with one attached hydrogen (secondary N) is 1. The van der Waals surface area contributed by atoms with Crippen molar-refractivity contribution in [2.24, 2.45) is 5.92 Å². The highest BCUT2D eigenvalue weighted by atomic mass is 16.6. The molecule has 0 bridgehead atoms. The zero-order valence-corrected chi connectivity index (χ0v) is 9.59. The lowest BCUT2D eigenvalue weighted by Gasteiger charge is -2.13. The van der Waals surface area contributed by atoms with Gasteiger partial charge in [-0.3, -0.25) is 5.41 Å². The van der Waals surface area contributed by atoms with Crippen LogP contribution in [0.3, 0.4) is 0 Å². The highest BCUT2D eigenvalue weighted by molar-refractivity contribution is 6.19. The Hall–Kier alpha value is -2.35. The van der Waals surface area contributed by atoms with Crippen molar-refractivity contribution in [1.29, 1.82) is 10.7 Å². The van der Waals surface area contributed by atoms with E-state index in [1.54, 1.807) is 24.3 Å². The summed E-state index contributed by atoms with van der Waals surface area (Å²) in [6.45, 7) is 0. The second-order valence-electron chi connectivity index (χ2n) is 4.52. The first kappa shape index (κ1) is 10.8. The third-order valence-electron chi connectivity index (χ3n) is 3.23. The monoisotopic (exact) mass is 241 g/mol. The number of hydrogen-bond acceptors (Lipinski definition) is 4. The maximum atomic E-state index is 11.8. The van der Waals surface area contributed by atoms with Gasteiger partial charge in [0.2, 0.25) is 0 Å². The lowest BCUT2D eigenvalue weighted by atomic mass is 10.2.